The number of carbonyl (C=O) groups is 3. The Bertz CT molecular complexity index is 532. The first-order valence-corrected chi connectivity index (χ1v) is 6.79. The van der Waals surface area contributed by atoms with Gasteiger partial charge in [0.15, 0.2) is 0 Å². The second-order valence-corrected chi connectivity index (χ2v) is 5.05. The van der Waals surface area contributed by atoms with Crippen LogP contribution >= 0.6 is 0 Å². The molecule has 2 heterocycles. The van der Waals surface area contributed by atoms with Gasteiger partial charge in [-0.2, -0.15) is 0 Å². The summed E-state index contributed by atoms with van der Waals surface area (Å²) in [6.45, 7) is 0.811. The van der Waals surface area contributed by atoms with Gasteiger partial charge < -0.3 is 16.0 Å². The van der Waals surface area contributed by atoms with E-state index in [1.54, 1.807) is 12.4 Å². The quantitative estimate of drug-likeness (QED) is 0.731. The number of nitrogens with one attached hydrogen (secondary N) is 1. The topological polar surface area (TPSA) is 105 Å². The number of hydrogen-bond acceptors (Lipinski definition) is 4. The molecule has 112 valence electrons. The van der Waals surface area contributed by atoms with Gasteiger partial charge in [0.05, 0.1) is 6.54 Å². The first-order chi connectivity index (χ1) is 10.1. The number of nitrogens with zero attached hydrogens (tertiary/aromatic N) is 2. The molecule has 3 amide bonds. The summed E-state index contributed by atoms with van der Waals surface area (Å²) in [6, 6.07) is 3.63. The molecule has 1 fully saturated rings. The molecule has 7 nitrogen and oxygen atoms in total. The molecule has 0 aliphatic carbocycles. The van der Waals surface area contributed by atoms with E-state index < -0.39 is 5.91 Å². The number of pyridine rings is 1. The smallest absolute Gasteiger partial charge is 0.237 e. The molecule has 0 aromatic carbocycles. The molecule has 1 aromatic heterocycles. The van der Waals surface area contributed by atoms with Crippen LogP contribution in [0.15, 0.2) is 24.5 Å². The summed E-state index contributed by atoms with van der Waals surface area (Å²) in [4.78, 5) is 40.0. The first-order valence-electron chi connectivity index (χ1n) is 6.79. The minimum atomic E-state index is -0.536. The van der Waals surface area contributed by atoms with Gasteiger partial charge >= 0.3 is 0 Å². The van der Waals surface area contributed by atoms with Crippen LogP contribution in [0.25, 0.3) is 0 Å². The predicted molar refractivity (Wildman–Crippen MR) is 74.6 cm³/mol. The van der Waals surface area contributed by atoms with Crippen molar-refractivity contribution in [3.05, 3.63) is 30.1 Å². The van der Waals surface area contributed by atoms with Gasteiger partial charge in [-0.05, 0) is 24.1 Å². The normalized spacial score (nSPS) is 17.8. The van der Waals surface area contributed by atoms with E-state index in [2.05, 4.69) is 10.3 Å². The van der Waals surface area contributed by atoms with Crippen LogP contribution in [0.2, 0.25) is 0 Å². The Morgan fingerprint density at radius 1 is 1.38 bits per heavy atom. The van der Waals surface area contributed by atoms with Crippen molar-refractivity contribution in [2.75, 3.05) is 13.1 Å². The van der Waals surface area contributed by atoms with E-state index >= 15 is 0 Å². The lowest BCUT2D eigenvalue weighted by molar-refractivity contribution is -0.136. The summed E-state index contributed by atoms with van der Waals surface area (Å²) in [5, 5.41) is 2.77. The van der Waals surface area contributed by atoms with E-state index in [-0.39, 0.29) is 30.7 Å². The van der Waals surface area contributed by atoms with Gasteiger partial charge in [0.25, 0.3) is 0 Å². The van der Waals surface area contributed by atoms with E-state index in [9.17, 15) is 14.4 Å². The Hall–Kier alpha value is -2.44. The SMILES string of the molecule is NC(=O)CN1CCC(CC(=O)NCc2ccncc2)C1=O. The largest absolute Gasteiger partial charge is 0.368 e. The molecule has 7 heteroatoms. The van der Waals surface area contributed by atoms with Gasteiger partial charge in [-0.25, -0.2) is 0 Å². The second-order valence-electron chi connectivity index (χ2n) is 5.05. The number of likely N-dealkylation sites (tertiary alicyclic amines) is 1. The second kappa shape index (κ2) is 6.83. The highest BCUT2D eigenvalue weighted by atomic mass is 16.2. The number of hydrogen-bond donors (Lipinski definition) is 2. The lowest BCUT2D eigenvalue weighted by Crippen LogP contribution is -2.36. The number of nitrogens with two attached hydrogens (primary N) is 1. The van der Waals surface area contributed by atoms with E-state index in [0.717, 1.165) is 5.56 Å². The van der Waals surface area contributed by atoms with Gasteiger partial charge in [-0.3, -0.25) is 19.4 Å². The Labute approximate surface area is 122 Å². The maximum Gasteiger partial charge on any atom is 0.237 e. The third kappa shape index (κ3) is 4.27. The number of amides is 3. The minimum Gasteiger partial charge on any atom is -0.368 e. The molecule has 1 aromatic rings. The zero-order valence-electron chi connectivity index (χ0n) is 11.6. The Morgan fingerprint density at radius 2 is 2.10 bits per heavy atom. The monoisotopic (exact) mass is 290 g/mol. The zero-order valence-corrected chi connectivity index (χ0v) is 11.6. The molecule has 1 aliphatic heterocycles. The molecular formula is C14H18N4O3. The van der Waals surface area contributed by atoms with Crippen LogP contribution in [0.1, 0.15) is 18.4 Å². The molecular weight excluding hydrogens is 272 g/mol. The van der Waals surface area contributed by atoms with Crippen LogP contribution in [0, 0.1) is 5.92 Å². The highest BCUT2D eigenvalue weighted by molar-refractivity contribution is 5.89. The summed E-state index contributed by atoms with van der Waals surface area (Å²) < 4.78 is 0. The molecule has 1 atom stereocenters. The van der Waals surface area contributed by atoms with Crippen molar-refractivity contribution >= 4 is 17.7 Å². The van der Waals surface area contributed by atoms with Crippen LogP contribution in [0.3, 0.4) is 0 Å². The van der Waals surface area contributed by atoms with Crippen molar-refractivity contribution in [1.82, 2.24) is 15.2 Å². The Morgan fingerprint density at radius 3 is 2.76 bits per heavy atom. The fourth-order valence-electron chi connectivity index (χ4n) is 2.34. The van der Waals surface area contributed by atoms with Crippen LogP contribution in [0.4, 0.5) is 0 Å². The maximum absolute atomic E-state index is 12.0. The fourth-order valence-corrected chi connectivity index (χ4v) is 2.34. The van der Waals surface area contributed by atoms with Crippen molar-refractivity contribution in [1.29, 1.82) is 0 Å². The molecule has 2 rings (SSSR count). The average molecular weight is 290 g/mol. The van der Waals surface area contributed by atoms with Crippen LogP contribution in [0.5, 0.6) is 0 Å². The molecule has 0 spiro atoms. The standard InChI is InChI=1S/C14H18N4O3/c15-12(19)9-18-6-3-11(14(18)21)7-13(20)17-8-10-1-4-16-5-2-10/h1-2,4-5,11H,3,6-9H2,(H2,15,19)(H,17,20). The van der Waals surface area contributed by atoms with Crippen molar-refractivity contribution in [2.45, 2.75) is 19.4 Å². The van der Waals surface area contributed by atoms with Gasteiger partial charge in [0.2, 0.25) is 17.7 Å². The van der Waals surface area contributed by atoms with E-state index in [1.165, 1.54) is 4.90 Å². The fraction of sp³-hybridized carbons (Fsp3) is 0.429. The number of rotatable bonds is 6. The van der Waals surface area contributed by atoms with Gasteiger partial charge in [-0.15, -0.1) is 0 Å². The van der Waals surface area contributed by atoms with Crippen LogP contribution in [-0.4, -0.2) is 40.7 Å². The van der Waals surface area contributed by atoms with Gasteiger partial charge in [-0.1, -0.05) is 0 Å². The average Bonchev–Trinajstić information content (AvgIpc) is 2.79. The van der Waals surface area contributed by atoms with Crippen molar-refractivity contribution < 1.29 is 14.4 Å². The summed E-state index contributed by atoms with van der Waals surface area (Å²) in [5.41, 5.74) is 6.03. The third-order valence-corrected chi connectivity index (χ3v) is 3.43. The lowest BCUT2D eigenvalue weighted by atomic mass is 10.0. The first kappa shape index (κ1) is 15.0. The molecule has 21 heavy (non-hydrogen) atoms. The number of carbonyl (C=O) groups excluding carboxylic acids is 3. The van der Waals surface area contributed by atoms with Gasteiger partial charge in [0.1, 0.15) is 0 Å². The molecule has 1 aliphatic rings. The minimum absolute atomic E-state index is 0.0754. The molecule has 1 unspecified atom stereocenters. The van der Waals surface area contributed by atoms with E-state index in [1.807, 2.05) is 12.1 Å². The number of aromatic nitrogens is 1. The molecule has 0 saturated carbocycles. The molecule has 0 radical (unpaired) electrons. The van der Waals surface area contributed by atoms with E-state index in [4.69, 9.17) is 5.73 Å². The van der Waals surface area contributed by atoms with Crippen molar-refractivity contribution in [2.24, 2.45) is 11.7 Å². The lowest BCUT2D eigenvalue weighted by Gasteiger charge is -2.14. The Kier molecular flexibility index (Phi) is 4.86. The van der Waals surface area contributed by atoms with Crippen molar-refractivity contribution in [3.8, 4) is 0 Å². The summed E-state index contributed by atoms with van der Waals surface area (Å²) >= 11 is 0. The van der Waals surface area contributed by atoms with Crippen molar-refractivity contribution in [3.63, 3.8) is 0 Å². The highest BCUT2D eigenvalue weighted by Gasteiger charge is 2.33. The summed E-state index contributed by atoms with van der Waals surface area (Å²) in [6.07, 6.45) is 4.03. The molecule has 3 N–H and O–H groups in total. The van der Waals surface area contributed by atoms with Crippen LogP contribution in [-0.2, 0) is 20.9 Å². The predicted octanol–water partition coefficient (Wildman–Crippen LogP) is -0.578. The zero-order chi connectivity index (χ0) is 15.2. The van der Waals surface area contributed by atoms with Crippen LogP contribution < -0.4 is 11.1 Å². The maximum atomic E-state index is 12.0. The Balaban J connectivity index is 1.78. The third-order valence-electron chi connectivity index (χ3n) is 3.43. The highest BCUT2D eigenvalue weighted by Crippen LogP contribution is 2.20. The number of primary amides is 1. The van der Waals surface area contributed by atoms with E-state index in [0.29, 0.717) is 19.5 Å². The molecule has 0 bridgehead atoms. The molecule has 1 saturated heterocycles. The van der Waals surface area contributed by atoms with Gasteiger partial charge in [0, 0.05) is 37.8 Å². The summed E-state index contributed by atoms with van der Waals surface area (Å²) in [7, 11) is 0. The summed E-state index contributed by atoms with van der Waals surface area (Å²) in [5.74, 6) is -1.24.